The minimum Gasteiger partial charge on any atom is -0.385 e. The minimum atomic E-state index is 0.427. The second kappa shape index (κ2) is 9.11. The molecule has 1 aromatic carbocycles. The summed E-state index contributed by atoms with van der Waals surface area (Å²) in [6.07, 6.45) is 3.46. The number of rotatable bonds is 9. The molecule has 2 nitrogen and oxygen atoms in total. The summed E-state index contributed by atoms with van der Waals surface area (Å²) in [6, 6.07) is 9.46. The Hall–Kier alpha value is -0.860. The van der Waals surface area contributed by atoms with E-state index in [4.69, 9.17) is 4.74 Å². The quantitative estimate of drug-likeness (QED) is 0.681. The van der Waals surface area contributed by atoms with Crippen molar-refractivity contribution in [3.8, 4) is 0 Å². The van der Waals surface area contributed by atoms with Crippen LogP contribution in [0.25, 0.3) is 0 Å². The van der Waals surface area contributed by atoms with Gasteiger partial charge in [-0.1, -0.05) is 38.1 Å². The Balaban J connectivity index is 2.33. The van der Waals surface area contributed by atoms with Crippen LogP contribution >= 0.6 is 0 Å². The molecule has 0 heterocycles. The minimum absolute atomic E-state index is 0.427. The summed E-state index contributed by atoms with van der Waals surface area (Å²) >= 11 is 0. The molecule has 1 unspecified atom stereocenters. The van der Waals surface area contributed by atoms with Crippen molar-refractivity contribution in [2.75, 3.05) is 20.3 Å². The molecule has 0 bridgehead atoms. The molecule has 0 spiro atoms. The molecule has 0 radical (unpaired) electrons. The second-order valence-corrected chi connectivity index (χ2v) is 5.72. The standard InChI is InChI=1S/C17H29NO/c1-14(2)13-16-7-9-17(10-8-16)15(3)18-11-5-6-12-19-4/h7-10,14-15,18H,5-6,11-13H2,1-4H3. The van der Waals surface area contributed by atoms with E-state index in [1.807, 2.05) is 0 Å². The highest BCUT2D eigenvalue weighted by Gasteiger charge is 2.04. The highest BCUT2D eigenvalue weighted by Crippen LogP contribution is 2.15. The van der Waals surface area contributed by atoms with Gasteiger partial charge in [-0.25, -0.2) is 0 Å². The Morgan fingerprint density at radius 3 is 2.32 bits per heavy atom. The highest BCUT2D eigenvalue weighted by atomic mass is 16.5. The molecule has 19 heavy (non-hydrogen) atoms. The predicted octanol–water partition coefficient (Wildman–Crippen LogP) is 3.96. The maximum absolute atomic E-state index is 5.05. The molecular weight excluding hydrogens is 234 g/mol. The molecule has 0 saturated heterocycles. The Kier molecular flexibility index (Phi) is 7.76. The van der Waals surface area contributed by atoms with Gasteiger partial charge in [0.2, 0.25) is 0 Å². The van der Waals surface area contributed by atoms with E-state index in [9.17, 15) is 0 Å². The summed E-state index contributed by atoms with van der Waals surface area (Å²) < 4.78 is 5.05. The van der Waals surface area contributed by atoms with Gasteiger partial charge in [0.05, 0.1) is 0 Å². The Bertz CT molecular complexity index is 332. The van der Waals surface area contributed by atoms with Gasteiger partial charge in [0.25, 0.3) is 0 Å². The van der Waals surface area contributed by atoms with Crippen LogP contribution in [0.4, 0.5) is 0 Å². The summed E-state index contributed by atoms with van der Waals surface area (Å²) in [7, 11) is 1.76. The van der Waals surface area contributed by atoms with Gasteiger partial charge >= 0.3 is 0 Å². The van der Waals surface area contributed by atoms with E-state index in [2.05, 4.69) is 50.4 Å². The van der Waals surface area contributed by atoms with Gasteiger partial charge < -0.3 is 10.1 Å². The first-order valence-electron chi connectivity index (χ1n) is 7.44. The molecule has 0 aromatic heterocycles. The number of unbranched alkanes of at least 4 members (excludes halogenated alkanes) is 1. The van der Waals surface area contributed by atoms with E-state index in [0.717, 1.165) is 25.5 Å². The number of nitrogens with one attached hydrogen (secondary N) is 1. The van der Waals surface area contributed by atoms with Gasteiger partial charge in [-0.3, -0.25) is 0 Å². The molecule has 1 atom stereocenters. The molecule has 0 saturated carbocycles. The molecule has 0 fully saturated rings. The lowest BCUT2D eigenvalue weighted by Crippen LogP contribution is -2.20. The van der Waals surface area contributed by atoms with Crippen molar-refractivity contribution >= 4 is 0 Å². The maximum Gasteiger partial charge on any atom is 0.0462 e. The van der Waals surface area contributed by atoms with Crippen LogP contribution in [0, 0.1) is 5.92 Å². The van der Waals surface area contributed by atoms with E-state index < -0.39 is 0 Å². The zero-order valence-corrected chi connectivity index (χ0v) is 12.9. The third kappa shape index (κ3) is 6.74. The first kappa shape index (κ1) is 16.2. The number of methoxy groups -OCH3 is 1. The van der Waals surface area contributed by atoms with Crippen molar-refractivity contribution in [1.29, 1.82) is 0 Å². The van der Waals surface area contributed by atoms with E-state index in [0.29, 0.717) is 6.04 Å². The van der Waals surface area contributed by atoms with Crippen molar-refractivity contribution < 1.29 is 4.74 Å². The Morgan fingerprint density at radius 1 is 1.05 bits per heavy atom. The van der Waals surface area contributed by atoms with Crippen molar-refractivity contribution in [2.24, 2.45) is 5.92 Å². The third-order valence-electron chi connectivity index (χ3n) is 3.35. The van der Waals surface area contributed by atoms with Gasteiger partial charge in [0.15, 0.2) is 0 Å². The van der Waals surface area contributed by atoms with Crippen LogP contribution in [-0.4, -0.2) is 20.3 Å². The normalized spacial score (nSPS) is 12.9. The highest BCUT2D eigenvalue weighted by molar-refractivity contribution is 5.25. The molecule has 2 heteroatoms. The molecule has 0 aliphatic heterocycles. The summed E-state index contributed by atoms with van der Waals surface area (Å²) in [4.78, 5) is 0. The smallest absolute Gasteiger partial charge is 0.0462 e. The van der Waals surface area contributed by atoms with Gasteiger partial charge in [-0.15, -0.1) is 0 Å². The maximum atomic E-state index is 5.05. The fraction of sp³-hybridized carbons (Fsp3) is 0.647. The Morgan fingerprint density at radius 2 is 1.74 bits per heavy atom. The predicted molar refractivity (Wildman–Crippen MR) is 82.5 cm³/mol. The number of hydrogen-bond acceptors (Lipinski definition) is 2. The second-order valence-electron chi connectivity index (χ2n) is 5.72. The van der Waals surface area contributed by atoms with Gasteiger partial charge in [0.1, 0.15) is 0 Å². The topological polar surface area (TPSA) is 21.3 Å². The van der Waals surface area contributed by atoms with Crippen LogP contribution in [0.5, 0.6) is 0 Å². The fourth-order valence-corrected chi connectivity index (χ4v) is 2.22. The molecule has 1 N–H and O–H groups in total. The fourth-order valence-electron chi connectivity index (χ4n) is 2.22. The zero-order valence-electron chi connectivity index (χ0n) is 12.9. The lowest BCUT2D eigenvalue weighted by atomic mass is 10.00. The summed E-state index contributed by atoms with van der Waals surface area (Å²) in [6.45, 7) is 8.67. The average Bonchev–Trinajstić information content (AvgIpc) is 2.38. The summed E-state index contributed by atoms with van der Waals surface area (Å²) in [5, 5.41) is 3.56. The van der Waals surface area contributed by atoms with E-state index in [1.54, 1.807) is 7.11 Å². The first-order valence-corrected chi connectivity index (χ1v) is 7.44. The zero-order chi connectivity index (χ0) is 14.1. The number of benzene rings is 1. The third-order valence-corrected chi connectivity index (χ3v) is 3.35. The lowest BCUT2D eigenvalue weighted by molar-refractivity contribution is 0.192. The monoisotopic (exact) mass is 263 g/mol. The summed E-state index contributed by atoms with van der Waals surface area (Å²) in [5.74, 6) is 0.724. The van der Waals surface area contributed by atoms with Crippen LogP contribution in [-0.2, 0) is 11.2 Å². The van der Waals surface area contributed by atoms with Gasteiger partial charge in [-0.05, 0) is 49.8 Å². The molecular formula is C17H29NO. The van der Waals surface area contributed by atoms with Crippen LogP contribution in [0.15, 0.2) is 24.3 Å². The molecule has 1 rings (SSSR count). The first-order chi connectivity index (χ1) is 9.13. The van der Waals surface area contributed by atoms with Crippen molar-refractivity contribution in [3.63, 3.8) is 0 Å². The summed E-state index contributed by atoms with van der Waals surface area (Å²) in [5.41, 5.74) is 2.81. The largest absolute Gasteiger partial charge is 0.385 e. The lowest BCUT2D eigenvalue weighted by Gasteiger charge is -2.15. The molecule has 108 valence electrons. The van der Waals surface area contributed by atoms with Crippen LogP contribution < -0.4 is 5.32 Å². The number of hydrogen-bond donors (Lipinski definition) is 1. The molecule has 0 aliphatic carbocycles. The van der Waals surface area contributed by atoms with Crippen molar-refractivity contribution in [2.45, 2.75) is 46.1 Å². The van der Waals surface area contributed by atoms with Crippen LogP contribution in [0.1, 0.15) is 50.8 Å². The molecule has 0 amide bonds. The average molecular weight is 263 g/mol. The van der Waals surface area contributed by atoms with Crippen LogP contribution in [0.2, 0.25) is 0 Å². The van der Waals surface area contributed by atoms with Gasteiger partial charge in [-0.2, -0.15) is 0 Å². The van der Waals surface area contributed by atoms with Crippen molar-refractivity contribution in [3.05, 3.63) is 35.4 Å². The Labute approximate surface area is 118 Å². The molecule has 1 aromatic rings. The van der Waals surface area contributed by atoms with Gasteiger partial charge in [0, 0.05) is 19.8 Å². The van der Waals surface area contributed by atoms with E-state index in [-0.39, 0.29) is 0 Å². The SMILES string of the molecule is COCCCCNC(C)c1ccc(CC(C)C)cc1. The molecule has 0 aliphatic rings. The van der Waals surface area contributed by atoms with E-state index in [1.165, 1.54) is 24.0 Å². The van der Waals surface area contributed by atoms with E-state index >= 15 is 0 Å². The van der Waals surface area contributed by atoms with Crippen molar-refractivity contribution in [1.82, 2.24) is 5.32 Å². The number of ether oxygens (including phenoxy) is 1. The van der Waals surface area contributed by atoms with Crippen LogP contribution in [0.3, 0.4) is 0 Å².